The van der Waals surface area contributed by atoms with E-state index in [4.69, 9.17) is 15.9 Å². The number of fused-ring (bicyclic) bond motifs is 1. The number of nitrogens with one attached hydrogen (secondary N) is 1. The fourth-order valence-corrected chi connectivity index (χ4v) is 5.48. The van der Waals surface area contributed by atoms with E-state index in [1.54, 1.807) is 31.7 Å². The Morgan fingerprint density at radius 2 is 1.92 bits per heavy atom. The second-order valence-corrected chi connectivity index (χ2v) is 13.4. The van der Waals surface area contributed by atoms with Gasteiger partial charge in [-0.15, -0.1) is 6.42 Å². The van der Waals surface area contributed by atoms with Gasteiger partial charge in [0.2, 0.25) is 10.0 Å². The number of ether oxygens (including phenoxy) is 2. The van der Waals surface area contributed by atoms with Gasteiger partial charge < -0.3 is 14.4 Å². The zero-order chi connectivity index (χ0) is 27.4. The van der Waals surface area contributed by atoms with Gasteiger partial charge in [-0.1, -0.05) is 32.8 Å². The van der Waals surface area contributed by atoms with Crippen LogP contribution in [0.3, 0.4) is 0 Å². The molecule has 0 atom stereocenters. The van der Waals surface area contributed by atoms with Crippen LogP contribution >= 0.6 is 0 Å². The van der Waals surface area contributed by atoms with Crippen molar-refractivity contribution in [2.75, 3.05) is 19.7 Å². The number of likely N-dealkylation sites (tertiary alicyclic amines) is 1. The molecule has 0 bridgehead atoms. The minimum Gasteiger partial charge on any atom is -0.487 e. The molecule has 202 valence electrons. The quantitative estimate of drug-likeness (QED) is 0.401. The Bertz CT molecular complexity index is 1210. The maximum atomic E-state index is 12.4. The molecule has 2 aliphatic rings. The summed E-state index contributed by atoms with van der Waals surface area (Å²) >= 11 is 0. The fraction of sp³-hybridized carbons (Fsp3) is 0.552. The zero-order valence-electron chi connectivity index (χ0n) is 22.9. The molecule has 1 aromatic rings. The molecule has 1 amide bonds. The average Bonchev–Trinajstić information content (AvgIpc) is 2.82. The van der Waals surface area contributed by atoms with Crippen LogP contribution in [0.5, 0.6) is 5.75 Å². The summed E-state index contributed by atoms with van der Waals surface area (Å²) in [5.74, 6) is 3.51. The largest absolute Gasteiger partial charge is 0.487 e. The third-order valence-electron chi connectivity index (χ3n) is 6.56. The van der Waals surface area contributed by atoms with Crippen molar-refractivity contribution in [3.63, 3.8) is 0 Å². The van der Waals surface area contributed by atoms with Crippen LogP contribution in [0.4, 0.5) is 4.79 Å². The number of hydrogen-bond acceptors (Lipinski definition) is 5. The third kappa shape index (κ3) is 7.62. The number of aryl methyl sites for hydroxylation is 1. The lowest BCUT2D eigenvalue weighted by atomic mass is 9.82. The van der Waals surface area contributed by atoms with Crippen LogP contribution in [0.1, 0.15) is 71.9 Å². The molecule has 0 radical (unpaired) electrons. The number of carbonyl (C=O) groups is 1. The Morgan fingerprint density at radius 1 is 1.24 bits per heavy atom. The molecule has 37 heavy (non-hydrogen) atoms. The molecule has 8 heteroatoms. The van der Waals surface area contributed by atoms with Gasteiger partial charge in [0, 0.05) is 37.5 Å². The normalized spacial score (nSPS) is 18.3. The molecule has 1 fully saturated rings. The van der Waals surface area contributed by atoms with Crippen molar-refractivity contribution in [1.82, 2.24) is 9.62 Å². The molecule has 2 heterocycles. The highest BCUT2D eigenvalue weighted by atomic mass is 32.2. The van der Waals surface area contributed by atoms with E-state index >= 15 is 0 Å². The first kappa shape index (κ1) is 28.8. The van der Waals surface area contributed by atoms with Crippen molar-refractivity contribution in [1.29, 1.82) is 0 Å². The molecular weight excluding hydrogens is 488 g/mol. The van der Waals surface area contributed by atoms with Crippen molar-refractivity contribution in [2.45, 2.75) is 78.9 Å². The summed E-state index contributed by atoms with van der Waals surface area (Å²) < 4.78 is 39.2. The Morgan fingerprint density at radius 3 is 2.51 bits per heavy atom. The minimum atomic E-state index is -3.55. The maximum absolute atomic E-state index is 12.4. The summed E-state index contributed by atoms with van der Waals surface area (Å²) in [6.07, 6.45) is 11.9. The summed E-state index contributed by atoms with van der Waals surface area (Å²) in [7, 11) is -3.55. The number of hydrogen-bond donors (Lipinski definition) is 1. The number of rotatable bonds is 6. The minimum absolute atomic E-state index is 0.0615. The van der Waals surface area contributed by atoms with Crippen molar-refractivity contribution >= 4 is 21.7 Å². The van der Waals surface area contributed by atoms with E-state index < -0.39 is 10.0 Å². The first-order valence-electron chi connectivity index (χ1n) is 12.9. The highest BCUT2D eigenvalue weighted by Crippen LogP contribution is 2.40. The van der Waals surface area contributed by atoms with E-state index in [1.807, 2.05) is 39.0 Å². The topological polar surface area (TPSA) is 84.9 Å². The predicted molar refractivity (Wildman–Crippen MR) is 147 cm³/mol. The summed E-state index contributed by atoms with van der Waals surface area (Å²) in [5.41, 5.74) is 2.18. The molecule has 2 aliphatic heterocycles. The lowest BCUT2D eigenvalue weighted by molar-refractivity contribution is -0.0171. The molecule has 0 unspecified atom stereocenters. The molecule has 7 nitrogen and oxygen atoms in total. The molecule has 1 aromatic carbocycles. The molecule has 0 aliphatic carbocycles. The number of benzene rings is 1. The molecule has 0 aromatic heterocycles. The first-order chi connectivity index (χ1) is 17.2. The smallest absolute Gasteiger partial charge is 0.409 e. The summed E-state index contributed by atoms with van der Waals surface area (Å²) in [4.78, 5) is 14.4. The van der Waals surface area contributed by atoms with Crippen molar-refractivity contribution < 1.29 is 22.7 Å². The van der Waals surface area contributed by atoms with Crippen LogP contribution in [0, 0.1) is 17.8 Å². The Hall–Kier alpha value is -2.76. The number of piperidine rings is 1. The summed E-state index contributed by atoms with van der Waals surface area (Å²) in [6.45, 7) is 12.8. The van der Waals surface area contributed by atoms with E-state index in [9.17, 15) is 13.2 Å². The second kappa shape index (κ2) is 11.3. The number of sulfonamides is 1. The Balaban J connectivity index is 1.67. The number of nitrogens with zero attached hydrogens (tertiary/aromatic N) is 1. The van der Waals surface area contributed by atoms with E-state index in [2.05, 4.69) is 10.6 Å². The molecule has 1 spiro atoms. The van der Waals surface area contributed by atoms with Crippen LogP contribution in [0.25, 0.3) is 5.57 Å². The maximum Gasteiger partial charge on any atom is 0.409 e. The molecule has 1 N–H and O–H groups in total. The number of allylic oxidation sites excluding steroid dienone is 4. The predicted octanol–water partition coefficient (Wildman–Crippen LogP) is 5.28. The molecule has 1 saturated heterocycles. The molecular formula is C29H40N2O5S. The van der Waals surface area contributed by atoms with Gasteiger partial charge in [-0.2, -0.15) is 0 Å². The van der Waals surface area contributed by atoms with Gasteiger partial charge in [0.25, 0.3) is 0 Å². The summed E-state index contributed by atoms with van der Waals surface area (Å²) in [5, 5.41) is 0. The van der Waals surface area contributed by atoms with E-state index in [0.29, 0.717) is 25.3 Å². The summed E-state index contributed by atoms with van der Waals surface area (Å²) in [6, 6.07) is 5.68. The van der Waals surface area contributed by atoms with E-state index in [0.717, 1.165) is 42.6 Å². The van der Waals surface area contributed by atoms with Crippen molar-refractivity contribution in [3.05, 3.63) is 46.4 Å². The van der Waals surface area contributed by atoms with Crippen LogP contribution in [-0.2, 0) is 21.2 Å². The third-order valence-corrected chi connectivity index (χ3v) is 8.33. The zero-order valence-corrected chi connectivity index (χ0v) is 23.7. The van der Waals surface area contributed by atoms with Gasteiger partial charge in [-0.05, 0) is 74.4 Å². The lowest BCUT2D eigenvalue weighted by Gasteiger charge is -2.44. The van der Waals surface area contributed by atoms with Crippen molar-refractivity contribution in [2.24, 2.45) is 5.41 Å². The first-order valence-corrected chi connectivity index (χ1v) is 14.3. The van der Waals surface area contributed by atoms with Gasteiger partial charge >= 0.3 is 6.09 Å². The van der Waals surface area contributed by atoms with Crippen LogP contribution in [0.15, 0.2) is 35.3 Å². The molecule has 0 saturated carbocycles. The standard InChI is InChI=1S/C29H40N2O5S/c1-8-23(10-9-22(4)37(33,34)30-21(2)3)24-11-12-26-25(19-24)13-14-29(36-26)15-17-31(18-16-29)27(32)35-20-28(5,6)7/h1,9-12,19,21,30H,13-18,20H2,2-7H3/b22-9+,23-10+. The van der Waals surface area contributed by atoms with E-state index in [1.165, 1.54) is 6.08 Å². The van der Waals surface area contributed by atoms with E-state index in [-0.39, 0.29) is 28.1 Å². The number of carbonyl (C=O) groups excluding carboxylic acids is 1. The van der Waals surface area contributed by atoms with Crippen LogP contribution in [-0.4, -0.2) is 50.8 Å². The SMILES string of the molecule is C#C/C(=C\C=C(/C)S(=O)(=O)NC(C)C)c1ccc2c(c1)CCC1(CCN(C(=O)OCC(C)(C)C)CC1)O2. The highest BCUT2D eigenvalue weighted by molar-refractivity contribution is 7.93. The van der Waals surface area contributed by atoms with Gasteiger partial charge in [0.1, 0.15) is 11.4 Å². The van der Waals surface area contributed by atoms with Gasteiger partial charge in [0.15, 0.2) is 0 Å². The monoisotopic (exact) mass is 528 g/mol. The Labute approximate surface area is 222 Å². The molecule has 3 rings (SSSR count). The van der Waals surface area contributed by atoms with Crippen LogP contribution in [0.2, 0.25) is 0 Å². The highest BCUT2D eigenvalue weighted by Gasteiger charge is 2.41. The van der Waals surface area contributed by atoms with Gasteiger partial charge in [-0.3, -0.25) is 0 Å². The van der Waals surface area contributed by atoms with Gasteiger partial charge in [0.05, 0.1) is 11.5 Å². The average molecular weight is 529 g/mol. The van der Waals surface area contributed by atoms with Crippen molar-refractivity contribution in [3.8, 4) is 18.1 Å². The number of amides is 1. The second-order valence-electron chi connectivity index (χ2n) is 11.5. The fourth-order valence-electron chi connectivity index (χ4n) is 4.43. The number of terminal acetylenes is 1. The Kier molecular flexibility index (Phi) is 8.81. The van der Waals surface area contributed by atoms with Crippen LogP contribution < -0.4 is 9.46 Å². The lowest BCUT2D eigenvalue weighted by Crippen LogP contribution is -2.51. The van der Waals surface area contributed by atoms with Gasteiger partial charge in [-0.25, -0.2) is 17.9 Å².